The van der Waals surface area contributed by atoms with Gasteiger partial charge in [-0.15, -0.1) is 0 Å². The molecule has 6 heteroatoms. The number of fused-ring (bicyclic) bond motifs is 1. The summed E-state index contributed by atoms with van der Waals surface area (Å²) in [5, 5.41) is 0. The summed E-state index contributed by atoms with van der Waals surface area (Å²) in [7, 11) is 0. The maximum absolute atomic E-state index is 14.2. The van der Waals surface area contributed by atoms with Gasteiger partial charge in [0.05, 0.1) is 5.56 Å². The van der Waals surface area contributed by atoms with E-state index in [1.165, 1.54) is 99.8 Å². The molecule has 62 heavy (non-hydrogen) atoms. The molecule has 5 aliphatic rings. The van der Waals surface area contributed by atoms with Crippen LogP contribution in [0.4, 0.5) is 22.7 Å². The lowest BCUT2D eigenvalue weighted by molar-refractivity contribution is 0.0299. The van der Waals surface area contributed by atoms with Gasteiger partial charge in [-0.25, -0.2) is 4.79 Å². The van der Waals surface area contributed by atoms with Gasteiger partial charge in [-0.05, 0) is 177 Å². The van der Waals surface area contributed by atoms with Crippen LogP contribution in [0.2, 0.25) is 0 Å². The molecule has 0 bridgehead atoms. The third kappa shape index (κ3) is 8.54. The van der Waals surface area contributed by atoms with Crippen LogP contribution < -0.4 is 19.6 Å². The molecule has 5 heterocycles. The quantitative estimate of drug-likeness (QED) is 0.131. The van der Waals surface area contributed by atoms with Crippen molar-refractivity contribution in [3.05, 3.63) is 167 Å². The van der Waals surface area contributed by atoms with E-state index in [4.69, 9.17) is 4.74 Å². The van der Waals surface area contributed by atoms with Crippen LogP contribution in [-0.4, -0.2) is 58.3 Å². The molecule has 4 fully saturated rings. The normalized spacial score (nSPS) is 18.8. The summed E-state index contributed by atoms with van der Waals surface area (Å²) in [5.41, 5.74) is 11.8. The fourth-order valence-corrected chi connectivity index (χ4v) is 10.6. The van der Waals surface area contributed by atoms with Gasteiger partial charge in [0.1, 0.15) is 0 Å². The van der Waals surface area contributed by atoms with Gasteiger partial charge < -0.3 is 24.3 Å². The first-order chi connectivity index (χ1) is 30.6. The average Bonchev–Trinajstić information content (AvgIpc) is 3.64. The monoisotopic (exact) mass is 822 g/mol. The Kier molecular flexibility index (Phi) is 11.9. The van der Waals surface area contributed by atoms with E-state index in [0.717, 1.165) is 91.3 Å². The fraction of sp³-hybridized carbons (Fsp3) is 0.375. The van der Waals surface area contributed by atoms with Crippen LogP contribution >= 0.6 is 0 Å². The maximum atomic E-state index is 14.2. The van der Waals surface area contributed by atoms with Crippen molar-refractivity contribution >= 4 is 39.9 Å². The van der Waals surface area contributed by atoms with Crippen LogP contribution in [0, 0.1) is 0 Å². The molecule has 318 valence electrons. The van der Waals surface area contributed by atoms with Crippen molar-refractivity contribution < 1.29 is 9.53 Å². The molecule has 0 atom stereocenters. The molecule has 0 spiro atoms. The zero-order chi connectivity index (χ0) is 41.7. The van der Waals surface area contributed by atoms with E-state index in [-0.39, 0.29) is 5.97 Å². The second kappa shape index (κ2) is 18.3. The van der Waals surface area contributed by atoms with Crippen LogP contribution in [0.25, 0.3) is 11.1 Å². The van der Waals surface area contributed by atoms with Gasteiger partial charge in [0, 0.05) is 80.7 Å². The Labute approximate surface area is 369 Å². The summed E-state index contributed by atoms with van der Waals surface area (Å²) < 4.78 is 6.82. The van der Waals surface area contributed by atoms with Crippen molar-refractivity contribution in [1.82, 2.24) is 0 Å². The molecule has 0 aromatic heterocycles. The SMILES string of the molecule is O=C1OC(C=C(c2ccc(N3CCCCC3)cc2)c2ccc(N3CCCCC3)cc2)(C=C(c2ccc(N3CCCCC3)cc2)c2ccc(N3CCCCC3)cc2)c2ccccc21. The minimum atomic E-state index is -1.19. The number of cyclic esters (lactones) is 1. The molecule has 5 aromatic carbocycles. The molecule has 0 saturated carbocycles. The number of carbonyl (C=O) groups excluding carboxylic acids is 1. The van der Waals surface area contributed by atoms with Gasteiger partial charge in [-0.1, -0.05) is 66.7 Å². The van der Waals surface area contributed by atoms with Crippen molar-refractivity contribution in [3.8, 4) is 0 Å². The van der Waals surface area contributed by atoms with Gasteiger partial charge >= 0.3 is 5.97 Å². The Bertz CT molecular complexity index is 2090. The number of hydrogen-bond donors (Lipinski definition) is 0. The highest BCUT2D eigenvalue weighted by molar-refractivity contribution is 5.97. The molecule has 0 radical (unpaired) electrons. The lowest BCUT2D eigenvalue weighted by Gasteiger charge is -2.30. The Hall–Kier alpha value is -5.75. The predicted octanol–water partition coefficient (Wildman–Crippen LogP) is 12.3. The number of rotatable bonds is 10. The molecular formula is C56H62N4O2. The number of anilines is 4. The van der Waals surface area contributed by atoms with E-state index in [1.807, 2.05) is 18.2 Å². The molecule has 0 unspecified atom stereocenters. The molecule has 0 amide bonds. The number of piperidine rings is 4. The highest BCUT2D eigenvalue weighted by atomic mass is 16.6. The van der Waals surface area contributed by atoms with Crippen LogP contribution in [0.5, 0.6) is 0 Å². The number of benzene rings is 5. The Morgan fingerprint density at radius 1 is 0.387 bits per heavy atom. The molecule has 5 aliphatic heterocycles. The first-order valence-corrected chi connectivity index (χ1v) is 23.8. The minimum Gasteiger partial charge on any atom is -0.442 e. The third-order valence-corrected chi connectivity index (χ3v) is 14.1. The molecule has 0 aliphatic carbocycles. The summed E-state index contributed by atoms with van der Waals surface area (Å²) in [6.45, 7) is 8.79. The van der Waals surface area contributed by atoms with E-state index >= 15 is 0 Å². The van der Waals surface area contributed by atoms with Crippen LogP contribution in [-0.2, 0) is 10.3 Å². The molecule has 10 rings (SSSR count). The van der Waals surface area contributed by atoms with Gasteiger partial charge in [0.15, 0.2) is 5.60 Å². The van der Waals surface area contributed by atoms with E-state index in [2.05, 4.69) is 135 Å². The van der Waals surface area contributed by atoms with Gasteiger partial charge in [0.2, 0.25) is 0 Å². The van der Waals surface area contributed by atoms with Crippen molar-refractivity contribution in [2.75, 3.05) is 72.0 Å². The van der Waals surface area contributed by atoms with Gasteiger partial charge in [-0.2, -0.15) is 0 Å². The summed E-state index contributed by atoms with van der Waals surface area (Å²) >= 11 is 0. The van der Waals surface area contributed by atoms with E-state index in [1.54, 1.807) is 0 Å². The predicted molar refractivity (Wildman–Crippen MR) is 258 cm³/mol. The number of nitrogens with zero attached hydrogens (tertiary/aromatic N) is 4. The zero-order valence-corrected chi connectivity index (χ0v) is 36.4. The smallest absolute Gasteiger partial charge is 0.340 e. The molecule has 5 aromatic rings. The highest BCUT2D eigenvalue weighted by Crippen LogP contribution is 2.45. The summed E-state index contributed by atoms with van der Waals surface area (Å²) in [4.78, 5) is 24.2. The summed E-state index contributed by atoms with van der Waals surface area (Å²) in [6.07, 6.45) is 19.6. The third-order valence-electron chi connectivity index (χ3n) is 14.1. The molecule has 4 saturated heterocycles. The molecule has 0 N–H and O–H groups in total. The number of esters is 1. The zero-order valence-electron chi connectivity index (χ0n) is 36.4. The molecular weight excluding hydrogens is 761 g/mol. The number of ether oxygens (including phenoxy) is 1. The van der Waals surface area contributed by atoms with Crippen molar-refractivity contribution in [2.24, 2.45) is 0 Å². The van der Waals surface area contributed by atoms with E-state index < -0.39 is 5.60 Å². The Morgan fingerprint density at radius 3 is 0.984 bits per heavy atom. The van der Waals surface area contributed by atoms with Crippen LogP contribution in [0.3, 0.4) is 0 Å². The summed E-state index contributed by atoms with van der Waals surface area (Å²) in [6, 6.07) is 44.4. The fourth-order valence-electron chi connectivity index (χ4n) is 10.6. The van der Waals surface area contributed by atoms with Gasteiger partial charge in [0.25, 0.3) is 0 Å². The highest BCUT2D eigenvalue weighted by Gasteiger charge is 2.43. The number of hydrogen-bond acceptors (Lipinski definition) is 6. The van der Waals surface area contributed by atoms with Crippen molar-refractivity contribution in [1.29, 1.82) is 0 Å². The van der Waals surface area contributed by atoms with Gasteiger partial charge in [-0.3, -0.25) is 0 Å². The minimum absolute atomic E-state index is 0.298. The average molecular weight is 823 g/mol. The maximum Gasteiger partial charge on any atom is 0.340 e. The lowest BCUT2D eigenvalue weighted by atomic mass is 9.83. The van der Waals surface area contributed by atoms with Crippen molar-refractivity contribution in [3.63, 3.8) is 0 Å². The number of carbonyl (C=O) groups is 1. The standard InChI is InChI=1S/C56H62N4O2/c61-55-51-15-5-6-16-54(51)56(62-55,41-52(43-17-25-47(26-18-43)57-33-7-1-8-34-57)44-19-27-48(28-20-44)58-35-9-2-10-36-58)42-53(45-21-29-49(30-22-45)59-37-11-3-12-38-59)46-23-31-50(32-24-46)60-39-13-4-14-40-60/h5-6,15-32,41-42H,1-4,7-14,33-40H2. The van der Waals surface area contributed by atoms with Crippen LogP contribution in [0.1, 0.15) is 115 Å². The second-order valence-corrected chi connectivity index (χ2v) is 18.2. The topological polar surface area (TPSA) is 39.3 Å². The van der Waals surface area contributed by atoms with Crippen molar-refractivity contribution in [2.45, 2.75) is 82.7 Å². The van der Waals surface area contributed by atoms with E-state index in [0.29, 0.717) is 5.56 Å². The summed E-state index contributed by atoms with van der Waals surface area (Å²) in [5.74, 6) is -0.298. The van der Waals surface area contributed by atoms with Crippen LogP contribution in [0.15, 0.2) is 133 Å². The van der Waals surface area contributed by atoms with E-state index in [9.17, 15) is 4.79 Å². The molecule has 6 nitrogen and oxygen atoms in total. The second-order valence-electron chi connectivity index (χ2n) is 18.2. The first kappa shape index (κ1) is 40.3. The lowest BCUT2D eigenvalue weighted by Crippen LogP contribution is -2.29. The largest absolute Gasteiger partial charge is 0.442 e. The Balaban J connectivity index is 1.13. The Morgan fingerprint density at radius 2 is 0.677 bits per heavy atom. The first-order valence-electron chi connectivity index (χ1n) is 23.8.